The zero-order valence-electron chi connectivity index (χ0n) is 3.84. The van der Waals surface area contributed by atoms with Crippen molar-refractivity contribution in [3.63, 3.8) is 0 Å². The summed E-state index contributed by atoms with van der Waals surface area (Å²) in [4.78, 5) is 0. The Morgan fingerprint density at radius 1 is 1.38 bits per heavy atom. The Labute approximate surface area is 56.4 Å². The topological polar surface area (TPSA) is 60.4 Å². The standard InChI is InChI=1S/F2HNO3S.Li/c1-3(2)7(4,5)6;/h(H,4,5,6);/q;+1/p-1. The molecule has 0 saturated carbocycles. The molecule has 0 fully saturated rings. The number of hydrogen-bond donors (Lipinski definition) is 0. The van der Waals surface area contributed by atoms with Crippen LogP contribution in [0.5, 0.6) is 0 Å². The second-order valence-corrected chi connectivity index (χ2v) is 1.76. The molecular formula is F2LiNO3S. The molecule has 0 N–H and O–H groups in total. The smallest absolute Gasteiger partial charge is 0.732 e. The van der Waals surface area contributed by atoms with Crippen molar-refractivity contribution >= 4 is 10.3 Å². The Balaban J connectivity index is 0. The molecule has 0 aliphatic carbocycles. The van der Waals surface area contributed by atoms with Crippen LogP contribution in [0.4, 0.5) is 8.96 Å². The predicted octanol–water partition coefficient (Wildman–Crippen LogP) is -3.48. The normalized spacial score (nSPS) is 11.0. The minimum atomic E-state index is -5.49. The molecule has 0 amide bonds. The van der Waals surface area contributed by atoms with Crippen LogP contribution in [0.3, 0.4) is 0 Å². The molecule has 0 aliphatic rings. The zero-order chi connectivity index (χ0) is 6.08. The summed E-state index contributed by atoms with van der Waals surface area (Å²) in [6, 6.07) is 0. The van der Waals surface area contributed by atoms with Gasteiger partial charge in [-0.1, -0.05) is 8.96 Å². The fraction of sp³-hybridized carbons (Fsp3) is 0. The molecule has 0 spiro atoms. The Kier molecular flexibility index (Phi) is 4.71. The molecule has 0 aliphatic heterocycles. The van der Waals surface area contributed by atoms with Gasteiger partial charge in [0.1, 0.15) is 4.75 Å². The van der Waals surface area contributed by atoms with E-state index in [0.717, 1.165) is 0 Å². The van der Waals surface area contributed by atoms with E-state index in [1.807, 2.05) is 0 Å². The number of hydrogen-bond acceptors (Lipinski definition) is 3. The van der Waals surface area contributed by atoms with Crippen LogP contribution in [0.1, 0.15) is 0 Å². The molecule has 0 aromatic rings. The Hall–Kier alpha value is 0.327. The van der Waals surface area contributed by atoms with Crippen LogP contribution in [0, 0.1) is 0 Å². The van der Waals surface area contributed by atoms with Gasteiger partial charge in [0.2, 0.25) is 10.3 Å². The third kappa shape index (κ3) is 4.49. The van der Waals surface area contributed by atoms with E-state index in [4.69, 9.17) is 13.0 Å². The van der Waals surface area contributed by atoms with E-state index in [-0.39, 0.29) is 18.9 Å². The third-order valence-electron chi connectivity index (χ3n) is 0.169. The van der Waals surface area contributed by atoms with E-state index < -0.39 is 15.1 Å². The van der Waals surface area contributed by atoms with Gasteiger partial charge in [0.25, 0.3) is 0 Å². The fourth-order valence-electron chi connectivity index (χ4n) is 0. The van der Waals surface area contributed by atoms with Crippen LogP contribution in [0.15, 0.2) is 0 Å². The van der Waals surface area contributed by atoms with Gasteiger partial charge in [-0.2, -0.15) is 0 Å². The average Bonchev–Trinajstić information content (AvgIpc) is 1.31. The zero-order valence-corrected chi connectivity index (χ0v) is 4.65. The molecule has 0 heterocycles. The van der Waals surface area contributed by atoms with Crippen molar-refractivity contribution in [3.05, 3.63) is 0 Å². The quantitative estimate of drug-likeness (QED) is 0.215. The first kappa shape index (κ1) is 11.2. The maximum atomic E-state index is 10.5. The van der Waals surface area contributed by atoms with Gasteiger partial charge in [0.15, 0.2) is 0 Å². The minimum Gasteiger partial charge on any atom is -0.732 e. The van der Waals surface area contributed by atoms with Crippen molar-refractivity contribution in [2.45, 2.75) is 0 Å². The summed E-state index contributed by atoms with van der Waals surface area (Å²) in [7, 11) is -5.49. The molecular weight excluding hydrogens is 139 g/mol. The summed E-state index contributed by atoms with van der Waals surface area (Å²) in [6.07, 6.45) is 0. The van der Waals surface area contributed by atoms with Crippen LogP contribution >= 0.6 is 0 Å². The molecule has 8 heteroatoms. The summed E-state index contributed by atoms with van der Waals surface area (Å²) >= 11 is 0. The van der Waals surface area contributed by atoms with Crippen molar-refractivity contribution in [2.75, 3.05) is 0 Å². The van der Waals surface area contributed by atoms with Crippen LogP contribution in [-0.2, 0) is 10.3 Å². The number of rotatable bonds is 1. The second-order valence-electron chi connectivity index (χ2n) is 0.630. The molecule has 0 radical (unpaired) electrons. The van der Waals surface area contributed by atoms with Gasteiger partial charge in [0.05, 0.1) is 0 Å². The number of nitrogens with zero attached hydrogens (tertiary/aromatic N) is 1. The Morgan fingerprint density at radius 2 is 1.50 bits per heavy atom. The maximum Gasteiger partial charge on any atom is 1.00 e. The molecule has 4 nitrogen and oxygen atoms in total. The summed E-state index contributed by atoms with van der Waals surface area (Å²) < 4.78 is 45.4. The van der Waals surface area contributed by atoms with Gasteiger partial charge >= 0.3 is 18.9 Å². The molecule has 0 unspecified atom stereocenters. The molecule has 0 aromatic carbocycles. The van der Waals surface area contributed by atoms with E-state index in [9.17, 15) is 8.96 Å². The summed E-state index contributed by atoms with van der Waals surface area (Å²) in [6.45, 7) is 0. The van der Waals surface area contributed by atoms with Gasteiger partial charge in [0, 0.05) is 0 Å². The Morgan fingerprint density at radius 3 is 1.50 bits per heavy atom. The van der Waals surface area contributed by atoms with E-state index in [1.54, 1.807) is 0 Å². The molecule has 44 valence electrons. The van der Waals surface area contributed by atoms with Crippen LogP contribution in [0.25, 0.3) is 0 Å². The van der Waals surface area contributed by atoms with Crippen LogP contribution in [-0.4, -0.2) is 17.7 Å². The van der Waals surface area contributed by atoms with Gasteiger partial charge in [-0.25, -0.2) is 8.42 Å². The Bertz CT molecular complexity index is 139. The molecule has 8 heavy (non-hydrogen) atoms. The van der Waals surface area contributed by atoms with Crippen LogP contribution < -0.4 is 18.9 Å². The first-order valence-electron chi connectivity index (χ1n) is 1.02. The fourth-order valence-corrected chi connectivity index (χ4v) is 0. The minimum absolute atomic E-state index is 0. The van der Waals surface area contributed by atoms with Crippen LogP contribution in [0.2, 0.25) is 0 Å². The summed E-state index contributed by atoms with van der Waals surface area (Å²) in [5.41, 5.74) is 0. The molecule has 0 saturated heterocycles. The average molecular weight is 139 g/mol. The van der Waals surface area contributed by atoms with Crippen molar-refractivity contribution in [2.24, 2.45) is 0 Å². The third-order valence-corrected chi connectivity index (χ3v) is 0.507. The number of halogens is 2. The SMILES string of the molecule is O=S(=O)([O-])N(F)F.[Li+]. The largest absolute Gasteiger partial charge is 1.00 e. The van der Waals surface area contributed by atoms with Crippen molar-refractivity contribution in [3.8, 4) is 0 Å². The maximum absolute atomic E-state index is 10.5. The van der Waals surface area contributed by atoms with E-state index in [2.05, 4.69) is 0 Å². The molecule has 0 rings (SSSR count). The summed E-state index contributed by atoms with van der Waals surface area (Å²) in [5, 5.41) is 0. The van der Waals surface area contributed by atoms with Gasteiger partial charge in [-0.15, -0.1) is 0 Å². The first-order chi connectivity index (χ1) is 2.94. The van der Waals surface area contributed by atoms with E-state index in [0.29, 0.717) is 0 Å². The first-order valence-corrected chi connectivity index (χ1v) is 2.39. The molecule has 0 atom stereocenters. The predicted molar refractivity (Wildman–Crippen MR) is 13.8 cm³/mol. The van der Waals surface area contributed by atoms with Gasteiger partial charge < -0.3 is 4.55 Å². The van der Waals surface area contributed by atoms with Crippen molar-refractivity contribution in [1.29, 1.82) is 0 Å². The van der Waals surface area contributed by atoms with Gasteiger partial charge in [-0.05, 0) is 0 Å². The van der Waals surface area contributed by atoms with E-state index in [1.165, 1.54) is 0 Å². The monoisotopic (exact) mass is 139 g/mol. The van der Waals surface area contributed by atoms with E-state index >= 15 is 0 Å². The molecule has 0 bridgehead atoms. The second kappa shape index (κ2) is 3.37. The molecule has 0 aromatic heterocycles. The van der Waals surface area contributed by atoms with Crippen molar-refractivity contribution < 1.29 is 40.8 Å². The van der Waals surface area contributed by atoms with Gasteiger partial charge in [-0.3, -0.25) is 0 Å². The summed E-state index contributed by atoms with van der Waals surface area (Å²) in [5.74, 6) is 0. The van der Waals surface area contributed by atoms with Crippen molar-refractivity contribution in [1.82, 2.24) is 4.75 Å².